The van der Waals surface area contributed by atoms with Gasteiger partial charge in [0.25, 0.3) is 5.91 Å². The quantitative estimate of drug-likeness (QED) is 0.791. The summed E-state index contributed by atoms with van der Waals surface area (Å²) < 4.78 is 0.996. The normalized spacial score (nSPS) is 15.7. The van der Waals surface area contributed by atoms with E-state index < -0.39 is 0 Å². The smallest absolute Gasteiger partial charge is 0.251 e. The van der Waals surface area contributed by atoms with Gasteiger partial charge in [-0.15, -0.1) is 17.0 Å². The van der Waals surface area contributed by atoms with Gasteiger partial charge in [-0.25, -0.2) is 0 Å². The highest BCUT2D eigenvalue weighted by Gasteiger charge is 2.33. The second-order valence-corrected chi connectivity index (χ2v) is 5.98. The predicted octanol–water partition coefficient (Wildman–Crippen LogP) is 3.80. The molecule has 3 rings (SSSR count). The molecular weight excluding hydrogens is 352 g/mol. The highest BCUT2D eigenvalue weighted by atomic mass is 79.9. The number of nitrogens with one attached hydrogen (secondary N) is 1. The van der Waals surface area contributed by atoms with Crippen LogP contribution in [0.25, 0.3) is 0 Å². The van der Waals surface area contributed by atoms with Gasteiger partial charge >= 0.3 is 0 Å². The Hall–Kier alpha value is -1.65. The van der Waals surface area contributed by atoms with Crippen LogP contribution in [0.2, 0.25) is 0 Å². The lowest BCUT2D eigenvalue weighted by atomic mass is 10.2. The molecule has 4 heteroatoms. The Kier molecular flexibility index (Phi) is 6.37. The molecule has 1 aliphatic heterocycles. The molecular formula is C19H24BrN2O+. The summed E-state index contributed by atoms with van der Waals surface area (Å²) in [4.78, 5) is 12.1. The molecule has 0 aliphatic carbocycles. The summed E-state index contributed by atoms with van der Waals surface area (Å²) in [5, 5.41) is 3.07. The van der Waals surface area contributed by atoms with E-state index in [4.69, 9.17) is 0 Å². The summed E-state index contributed by atoms with van der Waals surface area (Å²) in [6.45, 7) is 4.02. The molecule has 1 fully saturated rings. The highest BCUT2D eigenvalue weighted by molar-refractivity contribution is 8.93. The van der Waals surface area contributed by atoms with Crippen LogP contribution in [-0.2, 0) is 0 Å². The molecule has 0 bridgehead atoms. The summed E-state index contributed by atoms with van der Waals surface area (Å²) in [5.41, 5.74) is 2.10. The molecule has 1 N–H and O–H groups in total. The van der Waals surface area contributed by atoms with Crippen LogP contribution in [-0.4, -0.2) is 32.1 Å². The molecule has 2 aromatic rings. The van der Waals surface area contributed by atoms with Crippen molar-refractivity contribution >= 4 is 28.6 Å². The molecule has 1 heterocycles. The fourth-order valence-corrected chi connectivity index (χ4v) is 3.37. The Bertz CT molecular complexity index is 610. The van der Waals surface area contributed by atoms with E-state index in [0.29, 0.717) is 6.54 Å². The zero-order valence-electron chi connectivity index (χ0n) is 13.3. The zero-order chi connectivity index (χ0) is 15.3. The van der Waals surface area contributed by atoms with E-state index in [1.54, 1.807) is 0 Å². The maximum Gasteiger partial charge on any atom is 0.251 e. The first kappa shape index (κ1) is 17.7. The molecule has 1 amide bonds. The molecule has 1 aliphatic rings. The molecule has 0 saturated carbocycles. The number of halogens is 1. The summed E-state index contributed by atoms with van der Waals surface area (Å²) in [7, 11) is 0. The topological polar surface area (TPSA) is 29.1 Å². The van der Waals surface area contributed by atoms with Crippen molar-refractivity contribution in [2.45, 2.75) is 12.8 Å². The predicted molar refractivity (Wildman–Crippen MR) is 101 cm³/mol. The summed E-state index contributed by atoms with van der Waals surface area (Å²) in [6.07, 6.45) is 2.53. The average molecular weight is 376 g/mol. The Morgan fingerprint density at radius 1 is 0.913 bits per heavy atom. The maximum absolute atomic E-state index is 12.1. The third-order valence-electron chi connectivity index (χ3n) is 4.59. The SMILES string of the molecule is Br.O=C(NCC[N+]1(c2ccccc2)CCCC1)c1ccccc1. The molecule has 0 spiro atoms. The van der Waals surface area contributed by atoms with Gasteiger partial charge in [0.1, 0.15) is 12.2 Å². The van der Waals surface area contributed by atoms with Crippen LogP contribution >= 0.6 is 17.0 Å². The fourth-order valence-electron chi connectivity index (χ4n) is 3.37. The molecule has 0 aromatic heterocycles. The lowest BCUT2D eigenvalue weighted by molar-refractivity contribution is 0.0950. The summed E-state index contributed by atoms with van der Waals surface area (Å²) >= 11 is 0. The minimum absolute atomic E-state index is 0. The van der Waals surface area contributed by atoms with Crippen molar-refractivity contribution in [2.75, 3.05) is 26.2 Å². The van der Waals surface area contributed by atoms with Crippen molar-refractivity contribution in [1.29, 1.82) is 0 Å². The van der Waals surface area contributed by atoms with Gasteiger partial charge in [0.05, 0.1) is 19.6 Å². The van der Waals surface area contributed by atoms with Gasteiger partial charge in [0.15, 0.2) is 0 Å². The van der Waals surface area contributed by atoms with Crippen LogP contribution in [0, 0.1) is 0 Å². The van der Waals surface area contributed by atoms with E-state index in [-0.39, 0.29) is 22.9 Å². The second-order valence-electron chi connectivity index (χ2n) is 5.98. The van der Waals surface area contributed by atoms with E-state index in [1.165, 1.54) is 31.6 Å². The minimum Gasteiger partial charge on any atom is -0.346 e. The second kappa shape index (κ2) is 8.27. The van der Waals surface area contributed by atoms with Gasteiger partial charge in [0, 0.05) is 18.4 Å². The van der Waals surface area contributed by atoms with E-state index in [2.05, 4.69) is 35.6 Å². The van der Waals surface area contributed by atoms with Gasteiger partial charge in [-0.2, -0.15) is 0 Å². The monoisotopic (exact) mass is 375 g/mol. The van der Waals surface area contributed by atoms with Crippen molar-refractivity contribution in [3.05, 3.63) is 66.2 Å². The minimum atomic E-state index is 0. The maximum atomic E-state index is 12.1. The van der Waals surface area contributed by atoms with E-state index in [9.17, 15) is 4.79 Å². The number of carbonyl (C=O) groups is 1. The van der Waals surface area contributed by atoms with E-state index in [1.807, 2.05) is 30.3 Å². The molecule has 122 valence electrons. The number of hydrogen-bond acceptors (Lipinski definition) is 1. The molecule has 0 atom stereocenters. The zero-order valence-corrected chi connectivity index (χ0v) is 15.0. The fraction of sp³-hybridized carbons (Fsp3) is 0.316. The van der Waals surface area contributed by atoms with E-state index in [0.717, 1.165) is 16.6 Å². The Labute approximate surface area is 148 Å². The van der Waals surface area contributed by atoms with Crippen LogP contribution in [0.4, 0.5) is 5.69 Å². The summed E-state index contributed by atoms with van der Waals surface area (Å²) in [6, 6.07) is 20.1. The van der Waals surface area contributed by atoms with E-state index >= 15 is 0 Å². The first-order valence-corrected chi connectivity index (χ1v) is 8.05. The molecule has 0 unspecified atom stereocenters. The Morgan fingerprint density at radius 2 is 1.48 bits per heavy atom. The number of amides is 1. The van der Waals surface area contributed by atoms with Gasteiger partial charge < -0.3 is 5.32 Å². The number of nitrogens with zero attached hydrogens (tertiary/aromatic N) is 1. The standard InChI is InChI=1S/C19H22N2O.BrH/c22-19(17-9-3-1-4-10-17)20-13-16-21(14-7-8-15-21)18-11-5-2-6-12-18;/h1-6,9-12H,7-8,13-16H2;1H/p+1. The highest BCUT2D eigenvalue weighted by Crippen LogP contribution is 2.28. The summed E-state index contributed by atoms with van der Waals surface area (Å²) in [5.74, 6) is 0.0195. The van der Waals surface area contributed by atoms with Crippen molar-refractivity contribution in [3.63, 3.8) is 0 Å². The first-order valence-electron chi connectivity index (χ1n) is 8.05. The van der Waals surface area contributed by atoms with Gasteiger partial charge in [0.2, 0.25) is 0 Å². The van der Waals surface area contributed by atoms with Crippen LogP contribution < -0.4 is 9.80 Å². The molecule has 23 heavy (non-hydrogen) atoms. The number of para-hydroxylation sites is 1. The third-order valence-corrected chi connectivity index (χ3v) is 4.59. The number of rotatable bonds is 5. The number of likely N-dealkylation sites (tertiary alicyclic amines) is 1. The Morgan fingerprint density at radius 3 is 2.09 bits per heavy atom. The number of hydrogen-bond donors (Lipinski definition) is 1. The Balaban J connectivity index is 0.00000192. The van der Waals surface area contributed by atoms with Crippen LogP contribution in [0.5, 0.6) is 0 Å². The molecule has 2 aromatic carbocycles. The van der Waals surface area contributed by atoms with Gasteiger partial charge in [-0.1, -0.05) is 36.4 Å². The largest absolute Gasteiger partial charge is 0.346 e. The molecule has 3 nitrogen and oxygen atoms in total. The number of carbonyl (C=O) groups excluding carboxylic acids is 1. The van der Waals surface area contributed by atoms with Crippen LogP contribution in [0.15, 0.2) is 60.7 Å². The van der Waals surface area contributed by atoms with Crippen molar-refractivity contribution in [1.82, 2.24) is 9.80 Å². The third kappa shape index (κ3) is 4.21. The number of benzene rings is 2. The van der Waals surface area contributed by atoms with Crippen molar-refractivity contribution in [3.8, 4) is 0 Å². The van der Waals surface area contributed by atoms with Gasteiger partial charge in [-0.05, 0) is 24.3 Å². The lowest BCUT2D eigenvalue weighted by Crippen LogP contribution is -2.50. The van der Waals surface area contributed by atoms with Crippen molar-refractivity contribution in [2.24, 2.45) is 0 Å². The first-order chi connectivity index (χ1) is 10.8. The average Bonchev–Trinajstić information content (AvgIpc) is 3.06. The molecule has 1 saturated heterocycles. The van der Waals surface area contributed by atoms with Crippen molar-refractivity contribution < 1.29 is 4.79 Å². The number of quaternary nitrogens is 1. The van der Waals surface area contributed by atoms with Crippen LogP contribution in [0.3, 0.4) is 0 Å². The van der Waals surface area contributed by atoms with Gasteiger partial charge in [-0.3, -0.25) is 9.28 Å². The molecule has 0 radical (unpaired) electrons. The lowest BCUT2D eigenvalue weighted by Gasteiger charge is -2.33. The van der Waals surface area contributed by atoms with Crippen LogP contribution in [0.1, 0.15) is 23.2 Å².